The molecule has 0 spiro atoms. The summed E-state index contributed by atoms with van der Waals surface area (Å²) >= 11 is 0. The molecule has 1 aliphatic rings. The van der Waals surface area contributed by atoms with Crippen molar-refractivity contribution in [2.75, 3.05) is 5.32 Å². The predicted octanol–water partition coefficient (Wildman–Crippen LogP) is 4.47. The van der Waals surface area contributed by atoms with Gasteiger partial charge in [0.1, 0.15) is 0 Å². The second-order valence-corrected chi connectivity index (χ2v) is 5.93. The molecular formula is C20H14N2O3. The van der Waals surface area contributed by atoms with Gasteiger partial charge in [0.05, 0.1) is 10.6 Å². The van der Waals surface area contributed by atoms with E-state index in [1.54, 1.807) is 12.1 Å². The molecular weight excluding hydrogens is 316 g/mol. The van der Waals surface area contributed by atoms with Crippen LogP contribution in [0.25, 0.3) is 0 Å². The van der Waals surface area contributed by atoms with E-state index in [4.69, 9.17) is 0 Å². The first kappa shape index (κ1) is 15.1. The highest BCUT2D eigenvalue weighted by Crippen LogP contribution is 2.33. The van der Waals surface area contributed by atoms with Crippen LogP contribution in [0.3, 0.4) is 0 Å². The van der Waals surface area contributed by atoms with Gasteiger partial charge in [-0.3, -0.25) is 14.9 Å². The topological polar surface area (TPSA) is 72.2 Å². The van der Waals surface area contributed by atoms with Gasteiger partial charge in [-0.2, -0.15) is 0 Å². The molecule has 3 aromatic carbocycles. The summed E-state index contributed by atoms with van der Waals surface area (Å²) in [4.78, 5) is 23.3. The van der Waals surface area contributed by atoms with E-state index in [-0.39, 0.29) is 11.5 Å². The van der Waals surface area contributed by atoms with Crippen LogP contribution < -0.4 is 5.32 Å². The van der Waals surface area contributed by atoms with Crippen LogP contribution >= 0.6 is 0 Å². The maximum absolute atomic E-state index is 12.9. The minimum Gasteiger partial charge on any atom is -0.355 e. The lowest BCUT2D eigenvalue weighted by atomic mass is 9.84. The Balaban J connectivity index is 1.71. The van der Waals surface area contributed by atoms with Crippen molar-refractivity contribution in [3.05, 3.63) is 99.1 Å². The molecule has 0 aliphatic heterocycles. The van der Waals surface area contributed by atoms with Crippen molar-refractivity contribution in [2.24, 2.45) is 0 Å². The van der Waals surface area contributed by atoms with Crippen molar-refractivity contribution in [2.45, 2.75) is 6.42 Å². The van der Waals surface area contributed by atoms with Gasteiger partial charge in [-0.25, -0.2) is 0 Å². The van der Waals surface area contributed by atoms with E-state index in [0.29, 0.717) is 23.4 Å². The Labute approximate surface area is 144 Å². The summed E-state index contributed by atoms with van der Waals surface area (Å²) in [6, 6.07) is 19.5. The zero-order chi connectivity index (χ0) is 17.4. The van der Waals surface area contributed by atoms with Crippen molar-refractivity contribution >= 4 is 22.8 Å². The van der Waals surface area contributed by atoms with Crippen LogP contribution in [0.4, 0.5) is 17.1 Å². The van der Waals surface area contributed by atoms with E-state index in [2.05, 4.69) is 5.32 Å². The number of ketones is 1. The van der Waals surface area contributed by atoms with Gasteiger partial charge < -0.3 is 5.32 Å². The summed E-state index contributed by atoms with van der Waals surface area (Å²) in [7, 11) is 0. The molecule has 0 amide bonds. The molecule has 0 radical (unpaired) electrons. The molecule has 0 unspecified atom stereocenters. The molecule has 25 heavy (non-hydrogen) atoms. The lowest BCUT2D eigenvalue weighted by molar-refractivity contribution is -0.384. The average Bonchev–Trinajstić information content (AvgIpc) is 2.62. The smallest absolute Gasteiger partial charge is 0.269 e. The lowest BCUT2D eigenvalue weighted by Crippen LogP contribution is -2.16. The summed E-state index contributed by atoms with van der Waals surface area (Å²) in [6.07, 6.45) is 0.715. The second-order valence-electron chi connectivity index (χ2n) is 5.93. The normalized spacial score (nSPS) is 12.2. The number of nitrogens with zero attached hydrogens (tertiary/aromatic N) is 1. The molecule has 5 nitrogen and oxygen atoms in total. The molecule has 0 bridgehead atoms. The van der Waals surface area contributed by atoms with Crippen molar-refractivity contribution in [1.29, 1.82) is 0 Å². The number of carbonyl (C=O) groups excluding carboxylic acids is 1. The zero-order valence-electron chi connectivity index (χ0n) is 13.2. The SMILES string of the molecule is O=C1c2ccccc2Cc2cccc(Nc3ccc([N+](=O)[O-])cc3)c21. The number of rotatable bonds is 3. The molecule has 0 heterocycles. The summed E-state index contributed by atoms with van der Waals surface area (Å²) in [5.41, 5.74) is 4.86. The summed E-state index contributed by atoms with van der Waals surface area (Å²) in [6.45, 7) is 0. The minimum atomic E-state index is -0.436. The van der Waals surface area contributed by atoms with Gasteiger partial charge in [0, 0.05) is 28.9 Å². The first-order valence-corrected chi connectivity index (χ1v) is 7.89. The van der Waals surface area contributed by atoms with Gasteiger partial charge in [0.25, 0.3) is 5.69 Å². The first-order valence-electron chi connectivity index (χ1n) is 7.89. The summed E-state index contributed by atoms with van der Waals surface area (Å²) in [5.74, 6) is 0.00172. The van der Waals surface area contributed by atoms with E-state index in [1.165, 1.54) is 12.1 Å². The van der Waals surface area contributed by atoms with E-state index in [9.17, 15) is 14.9 Å². The Bertz CT molecular complexity index is 994. The number of carbonyl (C=O) groups is 1. The molecule has 0 saturated carbocycles. The maximum atomic E-state index is 12.9. The number of non-ortho nitro benzene ring substituents is 1. The Hall–Kier alpha value is -3.47. The number of fused-ring (bicyclic) bond motifs is 2. The van der Waals surface area contributed by atoms with Gasteiger partial charge in [0.2, 0.25) is 0 Å². The van der Waals surface area contributed by atoms with Gasteiger partial charge >= 0.3 is 0 Å². The molecule has 5 heteroatoms. The predicted molar refractivity (Wildman–Crippen MR) is 95.5 cm³/mol. The number of hydrogen-bond acceptors (Lipinski definition) is 4. The number of nitrogens with one attached hydrogen (secondary N) is 1. The summed E-state index contributed by atoms with van der Waals surface area (Å²) in [5, 5.41) is 14.0. The van der Waals surface area contributed by atoms with Crippen molar-refractivity contribution in [3.63, 3.8) is 0 Å². The van der Waals surface area contributed by atoms with Crippen LogP contribution in [-0.2, 0) is 6.42 Å². The minimum absolute atomic E-state index is 0.00172. The van der Waals surface area contributed by atoms with E-state index in [1.807, 2.05) is 42.5 Å². The highest BCUT2D eigenvalue weighted by Gasteiger charge is 2.25. The molecule has 0 aromatic heterocycles. The van der Waals surface area contributed by atoms with Gasteiger partial charge in [0.15, 0.2) is 5.78 Å². The Morgan fingerprint density at radius 2 is 1.60 bits per heavy atom. The number of benzene rings is 3. The third-order valence-corrected chi connectivity index (χ3v) is 4.38. The molecule has 4 rings (SSSR count). The van der Waals surface area contributed by atoms with E-state index >= 15 is 0 Å². The van der Waals surface area contributed by atoms with Crippen LogP contribution in [-0.4, -0.2) is 10.7 Å². The van der Waals surface area contributed by atoms with Crippen molar-refractivity contribution < 1.29 is 9.72 Å². The van der Waals surface area contributed by atoms with Crippen LogP contribution in [0.5, 0.6) is 0 Å². The standard InChI is InChI=1S/C20H14N2O3/c23-20-17-6-2-1-4-13(17)12-14-5-3-7-18(19(14)20)21-15-8-10-16(11-9-15)22(24)25/h1-11,21H,12H2. The summed E-state index contributed by atoms with van der Waals surface area (Å²) < 4.78 is 0. The molecule has 0 fully saturated rings. The molecule has 0 atom stereocenters. The monoisotopic (exact) mass is 330 g/mol. The van der Waals surface area contributed by atoms with Crippen molar-refractivity contribution in [1.82, 2.24) is 0 Å². The van der Waals surface area contributed by atoms with Gasteiger partial charge in [-0.15, -0.1) is 0 Å². The number of anilines is 2. The Morgan fingerprint density at radius 1 is 0.880 bits per heavy atom. The number of nitro benzene ring substituents is 1. The number of nitro groups is 1. The average molecular weight is 330 g/mol. The Kier molecular flexibility index (Phi) is 3.54. The molecule has 122 valence electrons. The fourth-order valence-electron chi connectivity index (χ4n) is 3.18. The second kappa shape index (κ2) is 5.87. The van der Waals surface area contributed by atoms with Gasteiger partial charge in [-0.05, 0) is 35.7 Å². The lowest BCUT2D eigenvalue weighted by Gasteiger charge is -2.21. The fraction of sp³-hybridized carbons (Fsp3) is 0.0500. The third kappa shape index (κ3) is 2.65. The van der Waals surface area contributed by atoms with Crippen LogP contribution in [0, 0.1) is 10.1 Å². The fourth-order valence-corrected chi connectivity index (χ4v) is 3.18. The molecule has 3 aromatic rings. The largest absolute Gasteiger partial charge is 0.355 e. The third-order valence-electron chi connectivity index (χ3n) is 4.38. The van der Waals surface area contributed by atoms with Crippen LogP contribution in [0.15, 0.2) is 66.7 Å². The first-order chi connectivity index (χ1) is 12.1. The quantitative estimate of drug-likeness (QED) is 0.444. The zero-order valence-corrected chi connectivity index (χ0v) is 13.2. The van der Waals surface area contributed by atoms with E-state index in [0.717, 1.165) is 16.7 Å². The van der Waals surface area contributed by atoms with Crippen LogP contribution in [0.2, 0.25) is 0 Å². The van der Waals surface area contributed by atoms with E-state index < -0.39 is 4.92 Å². The molecule has 0 saturated heterocycles. The number of hydrogen-bond donors (Lipinski definition) is 1. The van der Waals surface area contributed by atoms with Crippen LogP contribution in [0.1, 0.15) is 27.0 Å². The Morgan fingerprint density at radius 3 is 2.36 bits per heavy atom. The highest BCUT2D eigenvalue weighted by molar-refractivity contribution is 6.15. The molecule has 1 N–H and O–H groups in total. The van der Waals surface area contributed by atoms with Gasteiger partial charge in [-0.1, -0.05) is 36.4 Å². The highest BCUT2D eigenvalue weighted by atomic mass is 16.6. The maximum Gasteiger partial charge on any atom is 0.269 e. The van der Waals surface area contributed by atoms with Crippen molar-refractivity contribution in [3.8, 4) is 0 Å². The molecule has 1 aliphatic carbocycles.